The van der Waals surface area contributed by atoms with Crippen molar-refractivity contribution in [2.75, 3.05) is 20.2 Å². The van der Waals surface area contributed by atoms with Crippen LogP contribution in [-0.4, -0.2) is 36.8 Å². The first-order valence-corrected chi connectivity index (χ1v) is 14.6. The molecule has 1 fully saturated rings. The Morgan fingerprint density at radius 1 is 1.10 bits per heavy atom. The molecule has 39 heavy (non-hydrogen) atoms. The van der Waals surface area contributed by atoms with E-state index >= 15 is 0 Å². The van der Waals surface area contributed by atoms with E-state index in [1.165, 1.54) is 38.3 Å². The Hall–Kier alpha value is -2.40. The lowest BCUT2D eigenvalue weighted by molar-refractivity contribution is -0.118. The van der Waals surface area contributed by atoms with E-state index in [2.05, 4.69) is 70.5 Å². The van der Waals surface area contributed by atoms with Crippen molar-refractivity contribution in [2.24, 2.45) is 34.4 Å². The number of Topliss-reactive ketones (excluding diaryl/α,β-unsaturated/α-hetero) is 1. The van der Waals surface area contributed by atoms with Crippen LogP contribution in [0.15, 0.2) is 42.0 Å². The van der Waals surface area contributed by atoms with Crippen LogP contribution in [0.1, 0.15) is 108 Å². The number of ketones is 1. The minimum Gasteiger partial charge on any atom is -0.392 e. The van der Waals surface area contributed by atoms with E-state index in [1.807, 2.05) is 33.9 Å². The van der Waals surface area contributed by atoms with E-state index in [0.717, 1.165) is 30.3 Å². The number of nitrogens with zero attached hydrogens (tertiary/aromatic N) is 1. The van der Waals surface area contributed by atoms with Gasteiger partial charge in [-0.25, -0.2) is 0 Å². The zero-order valence-corrected chi connectivity index (χ0v) is 27.6. The van der Waals surface area contributed by atoms with Gasteiger partial charge in [-0.05, 0) is 63.0 Å². The molecule has 4 nitrogen and oxygen atoms in total. The van der Waals surface area contributed by atoms with Crippen LogP contribution in [-0.2, 0) is 4.79 Å². The minimum atomic E-state index is -0.159. The quantitative estimate of drug-likeness (QED) is 0.152. The molecule has 1 saturated carbocycles. The number of aliphatic hydroxyl groups is 1. The molecule has 0 heterocycles. The highest BCUT2D eigenvalue weighted by Gasteiger charge is 2.13. The van der Waals surface area contributed by atoms with Crippen molar-refractivity contribution in [1.82, 2.24) is 0 Å². The number of terminal acetylenes is 1. The van der Waals surface area contributed by atoms with Crippen molar-refractivity contribution in [3.05, 3.63) is 37.0 Å². The van der Waals surface area contributed by atoms with Crippen molar-refractivity contribution in [2.45, 2.75) is 108 Å². The molecular formula is C35H64N2O2. The third-order valence-electron chi connectivity index (χ3n) is 6.08. The fourth-order valence-corrected chi connectivity index (χ4v) is 2.77. The fourth-order valence-electron chi connectivity index (χ4n) is 2.77. The number of aliphatic imine (C=N–C) groups is 1. The number of carbonyl (C=O) groups is 1. The predicted molar refractivity (Wildman–Crippen MR) is 178 cm³/mol. The van der Waals surface area contributed by atoms with Gasteiger partial charge in [-0.3, -0.25) is 9.79 Å². The average Bonchev–Trinajstić information content (AvgIpc) is 2.97. The monoisotopic (exact) mass is 544 g/mol. The number of carbonyl (C=O) groups excluding carboxylic acids is 1. The number of hydrogen-bond donors (Lipinski definition) is 2. The maximum Gasteiger partial charge on any atom is 0.144 e. The minimum absolute atomic E-state index is 0.0678. The molecule has 1 aliphatic carbocycles. The molecule has 0 spiro atoms. The molecule has 0 aromatic rings. The zero-order valence-electron chi connectivity index (χ0n) is 27.6. The van der Waals surface area contributed by atoms with Crippen LogP contribution in [0.5, 0.6) is 0 Å². The Morgan fingerprint density at radius 2 is 1.56 bits per heavy atom. The van der Waals surface area contributed by atoms with Gasteiger partial charge in [0.1, 0.15) is 5.78 Å². The maximum absolute atomic E-state index is 10.5. The SMILES string of the molecule is C#C/C=C(\C=C/CO)C(C)CC.C=C.CC.CC(=O)C(C)C#CCN.CC1CCC(C)CC1.CCC(C)=NC. The largest absolute Gasteiger partial charge is 0.392 e. The van der Waals surface area contributed by atoms with Crippen LogP contribution in [0.25, 0.3) is 0 Å². The third-order valence-corrected chi connectivity index (χ3v) is 6.08. The lowest BCUT2D eigenvalue weighted by Crippen LogP contribution is -2.08. The zero-order chi connectivity index (χ0) is 31.6. The molecule has 0 bridgehead atoms. The second-order valence-electron chi connectivity index (χ2n) is 9.24. The summed E-state index contributed by atoms with van der Waals surface area (Å²) in [5.41, 5.74) is 7.42. The Bertz CT molecular complexity index is 714. The summed E-state index contributed by atoms with van der Waals surface area (Å²) >= 11 is 0. The van der Waals surface area contributed by atoms with E-state index in [-0.39, 0.29) is 18.3 Å². The Morgan fingerprint density at radius 3 is 1.82 bits per heavy atom. The van der Waals surface area contributed by atoms with Gasteiger partial charge in [-0.15, -0.1) is 19.6 Å². The molecule has 0 saturated heterocycles. The molecule has 0 aromatic carbocycles. The summed E-state index contributed by atoms with van der Waals surface area (Å²) in [6.45, 7) is 26.8. The first kappa shape index (κ1) is 46.5. The summed E-state index contributed by atoms with van der Waals surface area (Å²) in [6, 6.07) is 0. The lowest BCUT2D eigenvalue weighted by atomic mass is 9.84. The van der Waals surface area contributed by atoms with Gasteiger partial charge in [-0.2, -0.15) is 0 Å². The number of rotatable bonds is 6. The molecule has 2 unspecified atom stereocenters. The second kappa shape index (κ2) is 37.8. The van der Waals surface area contributed by atoms with Gasteiger partial charge in [-0.1, -0.05) is 104 Å². The molecule has 1 aliphatic rings. The Balaban J connectivity index is -0.000000129. The van der Waals surface area contributed by atoms with Gasteiger partial charge >= 0.3 is 0 Å². The number of nitrogens with two attached hydrogens (primary N) is 1. The van der Waals surface area contributed by atoms with E-state index in [4.69, 9.17) is 17.3 Å². The highest BCUT2D eigenvalue weighted by Crippen LogP contribution is 2.27. The number of allylic oxidation sites excluding steroid dienone is 3. The van der Waals surface area contributed by atoms with Crippen molar-refractivity contribution in [3.63, 3.8) is 0 Å². The van der Waals surface area contributed by atoms with Gasteiger partial charge in [0.15, 0.2) is 0 Å². The van der Waals surface area contributed by atoms with Crippen molar-refractivity contribution in [3.8, 4) is 24.2 Å². The molecule has 1 rings (SSSR count). The van der Waals surface area contributed by atoms with Crippen molar-refractivity contribution < 1.29 is 9.90 Å². The molecule has 0 aliphatic heterocycles. The normalized spacial score (nSPS) is 17.4. The molecule has 226 valence electrons. The summed E-state index contributed by atoms with van der Waals surface area (Å²) < 4.78 is 0. The summed E-state index contributed by atoms with van der Waals surface area (Å²) in [6.07, 6.45) is 18.5. The van der Waals surface area contributed by atoms with Crippen molar-refractivity contribution in [1.29, 1.82) is 0 Å². The van der Waals surface area contributed by atoms with Crippen LogP contribution in [0, 0.1) is 47.9 Å². The van der Waals surface area contributed by atoms with Gasteiger partial charge in [0.05, 0.1) is 19.1 Å². The van der Waals surface area contributed by atoms with Gasteiger partial charge in [0.2, 0.25) is 0 Å². The summed E-state index contributed by atoms with van der Waals surface area (Å²) in [7, 11) is 1.82. The van der Waals surface area contributed by atoms with E-state index in [9.17, 15) is 4.79 Å². The average molecular weight is 545 g/mol. The topological polar surface area (TPSA) is 75.7 Å². The van der Waals surface area contributed by atoms with Gasteiger partial charge in [0.25, 0.3) is 0 Å². The van der Waals surface area contributed by atoms with E-state index < -0.39 is 0 Å². The molecule has 0 radical (unpaired) electrons. The molecule has 0 amide bonds. The van der Waals surface area contributed by atoms with E-state index in [0.29, 0.717) is 12.5 Å². The highest BCUT2D eigenvalue weighted by molar-refractivity contribution is 5.81. The highest BCUT2D eigenvalue weighted by atomic mass is 16.2. The molecular weight excluding hydrogens is 480 g/mol. The van der Waals surface area contributed by atoms with Crippen LogP contribution in [0.2, 0.25) is 0 Å². The number of aliphatic hydroxyl groups excluding tert-OH is 1. The van der Waals surface area contributed by atoms with Crippen LogP contribution >= 0.6 is 0 Å². The van der Waals surface area contributed by atoms with Crippen LogP contribution in [0.4, 0.5) is 0 Å². The van der Waals surface area contributed by atoms with Gasteiger partial charge < -0.3 is 10.8 Å². The number of hydrogen-bond acceptors (Lipinski definition) is 4. The summed E-state index contributed by atoms with van der Waals surface area (Å²) in [5.74, 6) is 10.3. The Kier molecular flexibility index (Phi) is 45.0. The van der Waals surface area contributed by atoms with Crippen LogP contribution in [0.3, 0.4) is 0 Å². The molecule has 4 heteroatoms. The fraction of sp³-hybridized carbons (Fsp3) is 0.657. The van der Waals surface area contributed by atoms with Gasteiger partial charge in [0, 0.05) is 12.8 Å². The third kappa shape index (κ3) is 37.8. The Labute approximate surface area is 244 Å². The summed E-state index contributed by atoms with van der Waals surface area (Å²) in [5, 5.41) is 8.57. The second-order valence-corrected chi connectivity index (χ2v) is 9.24. The first-order chi connectivity index (χ1) is 18.5. The molecule has 3 N–H and O–H groups in total. The predicted octanol–water partition coefficient (Wildman–Crippen LogP) is 8.46. The smallest absolute Gasteiger partial charge is 0.144 e. The van der Waals surface area contributed by atoms with E-state index in [1.54, 1.807) is 19.1 Å². The van der Waals surface area contributed by atoms with Crippen LogP contribution < -0.4 is 5.73 Å². The van der Waals surface area contributed by atoms with Crippen molar-refractivity contribution >= 4 is 11.5 Å². The maximum atomic E-state index is 10.5. The standard InChI is InChI=1S/C11H16O.C8H16.C7H11NO.C5H11N.C2H6.C2H4/c1-4-7-11(8-6-9-12)10(3)5-2;1-7-3-5-8(2)6-4-7;1-6(7(2)9)4-3-5-8;1-4-5(2)6-3;2*1-2/h1,6-8,10,12H,5,9H2,2-3H3;7-8H,3-6H2,1-2H3;6H,5,8H2,1-2H3;4H2,1-3H3;1-2H3;1-2H2/b8-6-,11-7+;;;;;. The lowest BCUT2D eigenvalue weighted by Gasteiger charge is -2.22. The molecule has 2 atom stereocenters. The summed E-state index contributed by atoms with van der Waals surface area (Å²) in [4.78, 5) is 14.4. The molecule has 0 aromatic heterocycles. The first-order valence-electron chi connectivity index (χ1n) is 14.6.